The summed E-state index contributed by atoms with van der Waals surface area (Å²) < 4.78 is 25.7. The summed E-state index contributed by atoms with van der Waals surface area (Å²) in [5, 5.41) is 2.58. The Kier molecular flexibility index (Phi) is 5.48. The Morgan fingerprint density at radius 1 is 1.00 bits per heavy atom. The Morgan fingerprint density at radius 2 is 1.58 bits per heavy atom. The summed E-state index contributed by atoms with van der Waals surface area (Å²) in [5.41, 5.74) is 0.736. The number of carbonyl (C=O) groups is 2. The number of likely N-dealkylation sites (N-methyl/N-ethyl adjacent to an activating group) is 1. The standard InChI is InChI=1S/C17H18N2O4S/c1-13(20)15-10-6-7-11-16(15)18-17(21)12-19(2)24(22,23)14-8-4-3-5-9-14/h3-11H,12H2,1-2H3,(H,18,21). The van der Waals surface area contributed by atoms with Gasteiger partial charge in [-0.2, -0.15) is 4.31 Å². The van der Waals surface area contributed by atoms with Gasteiger partial charge in [0.25, 0.3) is 0 Å². The van der Waals surface area contributed by atoms with Gasteiger partial charge in [-0.1, -0.05) is 30.3 Å². The summed E-state index contributed by atoms with van der Waals surface area (Å²) in [7, 11) is -2.42. The van der Waals surface area contributed by atoms with Gasteiger partial charge in [-0.3, -0.25) is 9.59 Å². The van der Waals surface area contributed by atoms with E-state index in [1.165, 1.54) is 26.1 Å². The largest absolute Gasteiger partial charge is 0.324 e. The highest BCUT2D eigenvalue weighted by atomic mass is 32.2. The number of benzene rings is 2. The van der Waals surface area contributed by atoms with Crippen LogP contribution >= 0.6 is 0 Å². The summed E-state index contributed by atoms with van der Waals surface area (Å²) in [6, 6.07) is 14.5. The number of hydrogen-bond acceptors (Lipinski definition) is 4. The van der Waals surface area contributed by atoms with E-state index >= 15 is 0 Å². The second-order valence-corrected chi connectivity index (χ2v) is 7.27. The highest BCUT2D eigenvalue weighted by Crippen LogP contribution is 2.17. The highest BCUT2D eigenvalue weighted by molar-refractivity contribution is 7.89. The first-order valence-electron chi connectivity index (χ1n) is 7.23. The zero-order chi connectivity index (χ0) is 17.7. The lowest BCUT2D eigenvalue weighted by Gasteiger charge is -2.17. The van der Waals surface area contributed by atoms with Crippen LogP contribution < -0.4 is 5.32 Å². The Balaban J connectivity index is 2.12. The number of ketones is 1. The Morgan fingerprint density at radius 3 is 2.21 bits per heavy atom. The number of rotatable bonds is 6. The maximum atomic E-state index is 12.4. The topological polar surface area (TPSA) is 83.6 Å². The summed E-state index contributed by atoms with van der Waals surface area (Å²) in [6.07, 6.45) is 0. The van der Waals surface area contributed by atoms with Crippen LogP contribution in [0.1, 0.15) is 17.3 Å². The van der Waals surface area contributed by atoms with E-state index in [1.807, 2.05) is 0 Å². The van der Waals surface area contributed by atoms with Crippen LogP contribution in [0.3, 0.4) is 0 Å². The molecular weight excluding hydrogens is 328 g/mol. The maximum absolute atomic E-state index is 12.4. The van der Waals surface area contributed by atoms with Gasteiger partial charge in [-0.25, -0.2) is 8.42 Å². The number of nitrogens with zero attached hydrogens (tertiary/aromatic N) is 1. The molecule has 0 radical (unpaired) electrons. The van der Waals surface area contributed by atoms with Crippen LogP contribution in [0, 0.1) is 0 Å². The van der Waals surface area contributed by atoms with E-state index in [-0.39, 0.29) is 17.2 Å². The molecule has 1 amide bonds. The molecule has 0 aliphatic rings. The first-order chi connectivity index (χ1) is 11.3. The predicted molar refractivity (Wildman–Crippen MR) is 91.3 cm³/mol. The molecule has 0 aliphatic heterocycles. The minimum Gasteiger partial charge on any atom is -0.324 e. The molecule has 0 aliphatic carbocycles. The van der Waals surface area contributed by atoms with Gasteiger partial charge in [0.2, 0.25) is 15.9 Å². The van der Waals surface area contributed by atoms with Crippen LogP contribution in [-0.4, -0.2) is 38.0 Å². The first-order valence-corrected chi connectivity index (χ1v) is 8.67. The summed E-state index contributed by atoms with van der Waals surface area (Å²) in [4.78, 5) is 23.8. The Hall–Kier alpha value is -2.51. The van der Waals surface area contributed by atoms with Gasteiger partial charge in [-0.15, -0.1) is 0 Å². The van der Waals surface area contributed by atoms with E-state index in [2.05, 4.69) is 5.32 Å². The fraction of sp³-hybridized carbons (Fsp3) is 0.176. The average Bonchev–Trinajstić information content (AvgIpc) is 2.55. The van der Waals surface area contributed by atoms with Gasteiger partial charge in [-0.05, 0) is 31.2 Å². The second kappa shape index (κ2) is 7.37. The molecule has 2 aromatic carbocycles. The van der Waals surface area contributed by atoms with Gasteiger partial charge in [0.05, 0.1) is 17.1 Å². The normalized spacial score (nSPS) is 11.3. The molecule has 0 unspecified atom stereocenters. The van der Waals surface area contributed by atoms with Crippen LogP contribution in [0.2, 0.25) is 0 Å². The zero-order valence-electron chi connectivity index (χ0n) is 13.4. The van der Waals surface area contributed by atoms with Crippen molar-refractivity contribution in [1.29, 1.82) is 0 Å². The van der Waals surface area contributed by atoms with E-state index in [0.717, 1.165) is 4.31 Å². The van der Waals surface area contributed by atoms with Crippen molar-refractivity contribution in [2.75, 3.05) is 18.9 Å². The maximum Gasteiger partial charge on any atom is 0.243 e. The van der Waals surface area contributed by atoms with Crippen LogP contribution in [0.15, 0.2) is 59.5 Å². The van der Waals surface area contributed by atoms with Crippen LogP contribution in [-0.2, 0) is 14.8 Å². The van der Waals surface area contributed by atoms with Gasteiger partial charge >= 0.3 is 0 Å². The highest BCUT2D eigenvalue weighted by Gasteiger charge is 2.23. The quantitative estimate of drug-likeness (QED) is 0.812. The molecule has 0 bridgehead atoms. The summed E-state index contributed by atoms with van der Waals surface area (Å²) >= 11 is 0. The van der Waals surface area contributed by atoms with Gasteiger partial charge in [0.1, 0.15) is 0 Å². The number of Topliss-reactive ketones (excluding diaryl/α,β-unsaturated/α-hetero) is 1. The third kappa shape index (κ3) is 4.06. The number of hydrogen-bond donors (Lipinski definition) is 1. The average molecular weight is 346 g/mol. The molecule has 0 saturated carbocycles. The third-order valence-electron chi connectivity index (χ3n) is 3.40. The molecule has 0 saturated heterocycles. The van der Waals surface area contributed by atoms with Crippen molar-refractivity contribution in [3.63, 3.8) is 0 Å². The molecule has 7 heteroatoms. The molecule has 0 spiro atoms. The SMILES string of the molecule is CC(=O)c1ccccc1NC(=O)CN(C)S(=O)(=O)c1ccccc1. The number of nitrogens with one attached hydrogen (secondary N) is 1. The predicted octanol–water partition coefficient (Wildman–Crippen LogP) is 2.15. The smallest absolute Gasteiger partial charge is 0.243 e. The Labute approximate surface area is 141 Å². The van der Waals surface area contributed by atoms with Crippen molar-refractivity contribution in [2.45, 2.75) is 11.8 Å². The molecule has 0 heterocycles. The second-order valence-electron chi connectivity index (χ2n) is 5.22. The molecule has 126 valence electrons. The van der Waals surface area contributed by atoms with Crippen molar-refractivity contribution >= 4 is 27.4 Å². The fourth-order valence-electron chi connectivity index (χ4n) is 2.15. The number of anilines is 1. The van der Waals surface area contributed by atoms with Crippen molar-refractivity contribution in [3.05, 3.63) is 60.2 Å². The van der Waals surface area contributed by atoms with Crippen molar-refractivity contribution in [3.8, 4) is 0 Å². The first kappa shape index (κ1) is 17.8. The molecule has 6 nitrogen and oxygen atoms in total. The molecule has 24 heavy (non-hydrogen) atoms. The van der Waals surface area contributed by atoms with Crippen molar-refractivity contribution in [2.24, 2.45) is 0 Å². The van der Waals surface area contributed by atoms with Crippen LogP contribution in [0.25, 0.3) is 0 Å². The van der Waals surface area contributed by atoms with E-state index in [1.54, 1.807) is 42.5 Å². The van der Waals surface area contributed by atoms with Crippen LogP contribution in [0.4, 0.5) is 5.69 Å². The number of amides is 1. The van der Waals surface area contributed by atoms with E-state index in [9.17, 15) is 18.0 Å². The monoisotopic (exact) mass is 346 g/mol. The molecule has 2 aromatic rings. The molecular formula is C17H18N2O4S. The molecule has 2 rings (SSSR count). The molecule has 0 aromatic heterocycles. The van der Waals surface area contributed by atoms with Crippen molar-refractivity contribution in [1.82, 2.24) is 4.31 Å². The lowest BCUT2D eigenvalue weighted by Crippen LogP contribution is -2.35. The van der Waals surface area contributed by atoms with E-state index in [4.69, 9.17) is 0 Å². The zero-order valence-corrected chi connectivity index (χ0v) is 14.2. The minimum atomic E-state index is -3.75. The molecule has 0 atom stereocenters. The lowest BCUT2D eigenvalue weighted by atomic mass is 10.1. The van der Waals surface area contributed by atoms with Crippen LogP contribution in [0.5, 0.6) is 0 Å². The number of carbonyl (C=O) groups excluding carboxylic acids is 2. The van der Waals surface area contributed by atoms with Gasteiger partial charge in [0.15, 0.2) is 5.78 Å². The third-order valence-corrected chi connectivity index (χ3v) is 5.22. The lowest BCUT2D eigenvalue weighted by molar-refractivity contribution is -0.116. The Bertz CT molecular complexity index is 848. The number of sulfonamides is 1. The minimum absolute atomic E-state index is 0.115. The molecule has 0 fully saturated rings. The van der Waals surface area contributed by atoms with Gasteiger partial charge in [0, 0.05) is 12.6 Å². The van der Waals surface area contributed by atoms with Crippen molar-refractivity contribution < 1.29 is 18.0 Å². The van der Waals surface area contributed by atoms with E-state index < -0.39 is 15.9 Å². The fourth-order valence-corrected chi connectivity index (χ4v) is 3.30. The molecule has 1 N–H and O–H groups in total. The van der Waals surface area contributed by atoms with Gasteiger partial charge < -0.3 is 5.32 Å². The summed E-state index contributed by atoms with van der Waals surface area (Å²) in [5.74, 6) is -0.707. The summed E-state index contributed by atoms with van der Waals surface area (Å²) in [6.45, 7) is 1.04. The van der Waals surface area contributed by atoms with E-state index in [0.29, 0.717) is 11.3 Å². The number of para-hydroxylation sites is 1.